The number of benzene rings is 1. The molecule has 1 fully saturated rings. The SMILES string of the molecule is O=C(CO)N1CCN(Cc2ccnc(Nc3cc4ccccc4cn3)c2)CC1. The van der Waals surface area contributed by atoms with E-state index in [1.807, 2.05) is 42.6 Å². The molecule has 0 bridgehead atoms. The second-order valence-corrected chi connectivity index (χ2v) is 6.91. The topological polar surface area (TPSA) is 81.6 Å². The van der Waals surface area contributed by atoms with Crippen molar-refractivity contribution in [2.45, 2.75) is 6.54 Å². The minimum atomic E-state index is -0.414. The first kappa shape index (κ1) is 18.3. The molecule has 1 aliphatic rings. The van der Waals surface area contributed by atoms with Crippen molar-refractivity contribution in [1.29, 1.82) is 0 Å². The van der Waals surface area contributed by atoms with Gasteiger partial charge in [0.15, 0.2) is 0 Å². The molecule has 4 rings (SSSR count). The zero-order chi connectivity index (χ0) is 19.3. The number of anilines is 2. The molecule has 0 atom stereocenters. The summed E-state index contributed by atoms with van der Waals surface area (Å²) in [4.78, 5) is 24.4. The number of nitrogens with zero attached hydrogens (tertiary/aromatic N) is 4. The van der Waals surface area contributed by atoms with E-state index in [2.05, 4.69) is 26.3 Å². The van der Waals surface area contributed by atoms with Crippen LogP contribution in [0.25, 0.3) is 10.8 Å². The van der Waals surface area contributed by atoms with Gasteiger partial charge in [-0.3, -0.25) is 9.69 Å². The fraction of sp³-hybridized carbons (Fsp3) is 0.286. The molecule has 1 aromatic carbocycles. The summed E-state index contributed by atoms with van der Waals surface area (Å²) >= 11 is 0. The van der Waals surface area contributed by atoms with Gasteiger partial charge in [0, 0.05) is 50.5 Å². The van der Waals surface area contributed by atoms with Gasteiger partial charge in [-0.15, -0.1) is 0 Å². The lowest BCUT2D eigenvalue weighted by atomic mass is 10.2. The molecule has 0 aliphatic carbocycles. The van der Waals surface area contributed by atoms with Crippen molar-refractivity contribution in [3.63, 3.8) is 0 Å². The summed E-state index contributed by atoms with van der Waals surface area (Å²) in [5.41, 5.74) is 1.15. The molecule has 0 spiro atoms. The van der Waals surface area contributed by atoms with Gasteiger partial charge >= 0.3 is 0 Å². The Kier molecular flexibility index (Phi) is 5.45. The second-order valence-electron chi connectivity index (χ2n) is 6.91. The number of nitrogens with one attached hydrogen (secondary N) is 1. The van der Waals surface area contributed by atoms with Gasteiger partial charge in [-0.05, 0) is 29.1 Å². The molecular formula is C21H23N5O2. The van der Waals surface area contributed by atoms with E-state index >= 15 is 0 Å². The lowest BCUT2D eigenvalue weighted by Crippen LogP contribution is -2.49. The molecule has 0 unspecified atom stereocenters. The fourth-order valence-corrected chi connectivity index (χ4v) is 3.44. The zero-order valence-electron chi connectivity index (χ0n) is 15.6. The first-order valence-electron chi connectivity index (χ1n) is 9.39. The van der Waals surface area contributed by atoms with E-state index in [0.29, 0.717) is 13.1 Å². The van der Waals surface area contributed by atoms with Crippen molar-refractivity contribution >= 4 is 28.3 Å². The Balaban J connectivity index is 1.39. The Hall–Kier alpha value is -3.03. The molecule has 3 aromatic rings. The van der Waals surface area contributed by atoms with Crippen molar-refractivity contribution in [3.8, 4) is 0 Å². The van der Waals surface area contributed by atoms with Gasteiger partial charge in [-0.25, -0.2) is 9.97 Å². The number of piperazine rings is 1. The third-order valence-corrected chi connectivity index (χ3v) is 4.98. The maximum atomic E-state index is 11.6. The molecule has 2 aromatic heterocycles. The molecular weight excluding hydrogens is 354 g/mol. The maximum Gasteiger partial charge on any atom is 0.248 e. The number of aliphatic hydroxyl groups is 1. The van der Waals surface area contributed by atoms with Crippen LogP contribution in [-0.2, 0) is 11.3 Å². The van der Waals surface area contributed by atoms with Crippen molar-refractivity contribution in [2.24, 2.45) is 0 Å². The van der Waals surface area contributed by atoms with Crippen LogP contribution in [0.4, 0.5) is 11.6 Å². The summed E-state index contributed by atoms with van der Waals surface area (Å²) in [6.45, 7) is 3.27. The van der Waals surface area contributed by atoms with Gasteiger partial charge in [-0.1, -0.05) is 24.3 Å². The van der Waals surface area contributed by atoms with Gasteiger partial charge in [0.25, 0.3) is 0 Å². The fourth-order valence-electron chi connectivity index (χ4n) is 3.44. The first-order valence-corrected chi connectivity index (χ1v) is 9.39. The number of amides is 1. The number of hydrogen-bond acceptors (Lipinski definition) is 6. The Labute approximate surface area is 163 Å². The number of carbonyl (C=O) groups is 1. The number of pyridine rings is 2. The predicted molar refractivity (Wildman–Crippen MR) is 108 cm³/mol. The van der Waals surface area contributed by atoms with Crippen molar-refractivity contribution in [2.75, 3.05) is 38.1 Å². The standard InChI is InChI=1S/C21H23N5O2/c27-15-21(28)26-9-7-25(8-10-26)14-16-5-6-22-19(11-16)24-20-12-17-3-1-2-4-18(17)13-23-20/h1-6,11-13,27H,7-10,14-15H2,(H,22,23,24). The number of rotatable bonds is 5. The van der Waals surface area contributed by atoms with E-state index in [9.17, 15) is 4.79 Å². The van der Waals surface area contributed by atoms with Gasteiger partial charge < -0.3 is 15.3 Å². The molecule has 28 heavy (non-hydrogen) atoms. The van der Waals surface area contributed by atoms with Crippen LogP contribution in [0.5, 0.6) is 0 Å². The summed E-state index contributed by atoms with van der Waals surface area (Å²) in [7, 11) is 0. The maximum absolute atomic E-state index is 11.6. The van der Waals surface area contributed by atoms with Crippen LogP contribution in [0.1, 0.15) is 5.56 Å². The average Bonchev–Trinajstić information content (AvgIpc) is 2.74. The smallest absolute Gasteiger partial charge is 0.248 e. The normalized spacial score (nSPS) is 15.0. The molecule has 0 radical (unpaired) electrons. The molecule has 7 heteroatoms. The summed E-state index contributed by atoms with van der Waals surface area (Å²) < 4.78 is 0. The van der Waals surface area contributed by atoms with Crippen LogP contribution < -0.4 is 5.32 Å². The van der Waals surface area contributed by atoms with E-state index in [0.717, 1.165) is 47.6 Å². The van der Waals surface area contributed by atoms with E-state index in [4.69, 9.17) is 5.11 Å². The number of fused-ring (bicyclic) bond motifs is 1. The monoisotopic (exact) mass is 377 g/mol. The average molecular weight is 377 g/mol. The molecule has 0 saturated carbocycles. The van der Waals surface area contributed by atoms with Gasteiger partial charge in [0.1, 0.15) is 18.2 Å². The Bertz CT molecular complexity index is 970. The summed E-state index contributed by atoms with van der Waals surface area (Å²) in [5.74, 6) is 1.33. The summed E-state index contributed by atoms with van der Waals surface area (Å²) in [5, 5.41) is 14.5. The Morgan fingerprint density at radius 2 is 1.75 bits per heavy atom. The summed E-state index contributed by atoms with van der Waals surface area (Å²) in [6, 6.07) is 14.2. The van der Waals surface area contributed by atoms with Crippen molar-refractivity contribution in [3.05, 3.63) is 60.4 Å². The van der Waals surface area contributed by atoms with E-state index in [-0.39, 0.29) is 5.91 Å². The summed E-state index contributed by atoms with van der Waals surface area (Å²) in [6.07, 6.45) is 3.65. The molecule has 2 N–H and O–H groups in total. The van der Waals surface area contributed by atoms with Crippen LogP contribution in [0.3, 0.4) is 0 Å². The highest BCUT2D eigenvalue weighted by molar-refractivity contribution is 5.84. The van der Waals surface area contributed by atoms with Gasteiger partial charge in [0.2, 0.25) is 5.91 Å². The Morgan fingerprint density at radius 3 is 2.54 bits per heavy atom. The quantitative estimate of drug-likeness (QED) is 0.708. The highest BCUT2D eigenvalue weighted by atomic mass is 16.3. The lowest BCUT2D eigenvalue weighted by molar-refractivity contribution is -0.135. The molecule has 1 aliphatic heterocycles. The lowest BCUT2D eigenvalue weighted by Gasteiger charge is -2.34. The number of carbonyl (C=O) groups excluding carboxylic acids is 1. The van der Waals surface area contributed by atoms with E-state index in [1.165, 1.54) is 0 Å². The molecule has 3 heterocycles. The third kappa shape index (κ3) is 4.27. The first-order chi connectivity index (χ1) is 13.7. The zero-order valence-corrected chi connectivity index (χ0v) is 15.6. The van der Waals surface area contributed by atoms with Crippen LogP contribution in [0.15, 0.2) is 54.9 Å². The molecule has 144 valence electrons. The third-order valence-electron chi connectivity index (χ3n) is 4.98. The Morgan fingerprint density at radius 1 is 1.00 bits per heavy atom. The number of aromatic nitrogens is 2. The van der Waals surface area contributed by atoms with Crippen LogP contribution in [0, 0.1) is 0 Å². The molecule has 7 nitrogen and oxygen atoms in total. The van der Waals surface area contributed by atoms with Crippen molar-refractivity contribution in [1.82, 2.24) is 19.8 Å². The van der Waals surface area contributed by atoms with Crippen molar-refractivity contribution < 1.29 is 9.90 Å². The van der Waals surface area contributed by atoms with E-state index in [1.54, 1.807) is 11.1 Å². The van der Waals surface area contributed by atoms with Crippen LogP contribution in [-0.4, -0.2) is 63.6 Å². The van der Waals surface area contributed by atoms with Gasteiger partial charge in [-0.2, -0.15) is 0 Å². The molecule has 1 saturated heterocycles. The highest BCUT2D eigenvalue weighted by Gasteiger charge is 2.20. The second kappa shape index (κ2) is 8.33. The largest absolute Gasteiger partial charge is 0.387 e. The number of hydrogen-bond donors (Lipinski definition) is 2. The number of aliphatic hydroxyl groups excluding tert-OH is 1. The predicted octanol–water partition coefficient (Wildman–Crippen LogP) is 2.01. The van der Waals surface area contributed by atoms with Crippen LogP contribution >= 0.6 is 0 Å². The van der Waals surface area contributed by atoms with E-state index < -0.39 is 6.61 Å². The van der Waals surface area contributed by atoms with Gasteiger partial charge in [0.05, 0.1) is 0 Å². The minimum absolute atomic E-state index is 0.196. The highest BCUT2D eigenvalue weighted by Crippen LogP contribution is 2.20. The minimum Gasteiger partial charge on any atom is -0.387 e. The van der Waals surface area contributed by atoms with Crippen LogP contribution in [0.2, 0.25) is 0 Å². The molecule has 1 amide bonds.